The summed E-state index contributed by atoms with van der Waals surface area (Å²) in [6.07, 6.45) is 3.13. The Bertz CT molecular complexity index is 711. The fourth-order valence-corrected chi connectivity index (χ4v) is 2.73. The highest BCUT2D eigenvalue weighted by Gasteiger charge is 2.30. The van der Waals surface area contributed by atoms with Crippen LogP contribution in [0.4, 0.5) is 0 Å². The maximum absolute atomic E-state index is 12.8. The zero-order chi connectivity index (χ0) is 15.5. The molecule has 0 bridgehead atoms. The van der Waals surface area contributed by atoms with Crippen molar-refractivity contribution in [3.05, 3.63) is 42.2 Å². The first-order valence-corrected chi connectivity index (χ1v) is 7.10. The largest absolute Gasteiger partial charge is 0.481 e. The van der Waals surface area contributed by atoms with E-state index < -0.39 is 12.0 Å². The number of hydrogen-bond acceptors (Lipinski definition) is 4. The number of morpholine rings is 1. The van der Waals surface area contributed by atoms with Crippen molar-refractivity contribution in [2.45, 2.75) is 12.5 Å². The number of carboxylic acid groups (broad SMARTS) is 1. The van der Waals surface area contributed by atoms with Crippen LogP contribution < -0.4 is 0 Å². The number of carbonyl (C=O) groups is 2. The Morgan fingerprint density at radius 3 is 2.95 bits per heavy atom. The molecule has 0 unspecified atom stereocenters. The van der Waals surface area contributed by atoms with Gasteiger partial charge in [0.1, 0.15) is 0 Å². The van der Waals surface area contributed by atoms with Gasteiger partial charge in [-0.25, -0.2) is 0 Å². The molecule has 1 amide bonds. The van der Waals surface area contributed by atoms with Crippen LogP contribution in [-0.2, 0) is 9.53 Å². The van der Waals surface area contributed by atoms with E-state index in [0.717, 1.165) is 10.8 Å². The lowest BCUT2D eigenvalue weighted by Crippen LogP contribution is -2.49. The molecule has 0 saturated carbocycles. The van der Waals surface area contributed by atoms with Crippen LogP contribution in [0.5, 0.6) is 0 Å². The van der Waals surface area contributed by atoms with Crippen LogP contribution in [0, 0.1) is 0 Å². The Balaban J connectivity index is 1.95. The van der Waals surface area contributed by atoms with E-state index in [-0.39, 0.29) is 18.9 Å². The molecule has 1 aliphatic rings. The van der Waals surface area contributed by atoms with Crippen molar-refractivity contribution in [2.24, 2.45) is 0 Å². The number of hydrogen-bond donors (Lipinski definition) is 1. The molecule has 2 aromatic rings. The minimum Gasteiger partial charge on any atom is -0.481 e. The van der Waals surface area contributed by atoms with Crippen molar-refractivity contribution < 1.29 is 19.4 Å². The number of pyridine rings is 1. The standard InChI is InChI=1S/C16H16N2O4/c19-15(20)7-12-10-22-6-5-18(12)16(21)14-9-17-8-11-3-1-2-4-13(11)14/h1-4,8-9,12H,5-7,10H2,(H,19,20)/t12-/m0/s1. The number of ether oxygens (including phenoxy) is 1. The van der Waals surface area contributed by atoms with Gasteiger partial charge < -0.3 is 14.7 Å². The Morgan fingerprint density at radius 1 is 1.32 bits per heavy atom. The van der Waals surface area contributed by atoms with Crippen molar-refractivity contribution in [1.82, 2.24) is 9.88 Å². The topological polar surface area (TPSA) is 79.7 Å². The Hall–Kier alpha value is -2.47. The molecule has 1 aromatic carbocycles. The normalized spacial score (nSPS) is 18.4. The summed E-state index contributed by atoms with van der Waals surface area (Å²) in [5.74, 6) is -1.14. The molecule has 0 aliphatic carbocycles. The van der Waals surface area contributed by atoms with Gasteiger partial charge in [-0.3, -0.25) is 14.6 Å². The van der Waals surface area contributed by atoms with Crippen molar-refractivity contribution in [2.75, 3.05) is 19.8 Å². The summed E-state index contributed by atoms with van der Waals surface area (Å²) in [6.45, 7) is 1.05. The molecule has 1 N–H and O–H groups in total. The highest BCUT2D eigenvalue weighted by Crippen LogP contribution is 2.21. The predicted molar refractivity (Wildman–Crippen MR) is 79.6 cm³/mol. The maximum atomic E-state index is 12.8. The average Bonchev–Trinajstić information content (AvgIpc) is 2.54. The third kappa shape index (κ3) is 2.78. The summed E-state index contributed by atoms with van der Waals surface area (Å²) in [5, 5.41) is 10.7. The van der Waals surface area contributed by atoms with Gasteiger partial charge in [-0.2, -0.15) is 0 Å². The van der Waals surface area contributed by atoms with Gasteiger partial charge in [-0.15, -0.1) is 0 Å². The lowest BCUT2D eigenvalue weighted by molar-refractivity contribution is -0.139. The lowest BCUT2D eigenvalue weighted by Gasteiger charge is -2.35. The molecular weight excluding hydrogens is 284 g/mol. The van der Waals surface area contributed by atoms with Crippen molar-refractivity contribution in [3.63, 3.8) is 0 Å². The summed E-state index contributed by atoms with van der Waals surface area (Å²) in [7, 11) is 0. The predicted octanol–water partition coefficient (Wildman–Crippen LogP) is 1.55. The fourth-order valence-electron chi connectivity index (χ4n) is 2.73. The number of nitrogens with zero attached hydrogens (tertiary/aromatic N) is 2. The molecule has 114 valence electrons. The Labute approximate surface area is 127 Å². The van der Waals surface area contributed by atoms with Crippen molar-refractivity contribution in [1.29, 1.82) is 0 Å². The van der Waals surface area contributed by atoms with Crippen LogP contribution in [-0.4, -0.2) is 52.7 Å². The van der Waals surface area contributed by atoms with Gasteiger partial charge in [0.15, 0.2) is 0 Å². The first-order valence-electron chi connectivity index (χ1n) is 7.10. The highest BCUT2D eigenvalue weighted by molar-refractivity contribution is 6.06. The van der Waals surface area contributed by atoms with Crippen LogP contribution in [0.3, 0.4) is 0 Å². The minimum atomic E-state index is -0.940. The van der Waals surface area contributed by atoms with E-state index in [2.05, 4.69) is 4.98 Å². The molecule has 22 heavy (non-hydrogen) atoms. The van der Waals surface area contributed by atoms with Gasteiger partial charge in [-0.05, 0) is 5.39 Å². The molecule has 0 spiro atoms. The van der Waals surface area contributed by atoms with Crippen LogP contribution >= 0.6 is 0 Å². The number of carbonyl (C=O) groups excluding carboxylic acids is 1. The molecule has 1 atom stereocenters. The second-order valence-electron chi connectivity index (χ2n) is 5.23. The van der Waals surface area contributed by atoms with Crippen LogP contribution in [0.2, 0.25) is 0 Å². The summed E-state index contributed by atoms with van der Waals surface area (Å²) in [6, 6.07) is 7.08. The summed E-state index contributed by atoms with van der Waals surface area (Å²) in [5.41, 5.74) is 0.496. The summed E-state index contributed by atoms with van der Waals surface area (Å²) < 4.78 is 5.31. The number of rotatable bonds is 3. The molecule has 1 fully saturated rings. The number of carboxylic acids is 1. The molecule has 1 saturated heterocycles. The SMILES string of the molecule is O=C(O)C[C@H]1COCCN1C(=O)c1cncc2ccccc12. The van der Waals surface area contributed by atoms with Gasteiger partial charge in [0.25, 0.3) is 5.91 Å². The van der Waals surface area contributed by atoms with Crippen LogP contribution in [0.25, 0.3) is 10.8 Å². The van der Waals surface area contributed by atoms with Gasteiger partial charge in [0, 0.05) is 24.3 Å². The number of aromatic nitrogens is 1. The zero-order valence-corrected chi connectivity index (χ0v) is 11.9. The number of aliphatic carboxylic acids is 1. The van der Waals surface area contributed by atoms with Crippen molar-refractivity contribution in [3.8, 4) is 0 Å². The molecule has 6 heteroatoms. The zero-order valence-electron chi connectivity index (χ0n) is 11.9. The molecular formula is C16H16N2O4. The van der Waals surface area contributed by atoms with E-state index in [1.165, 1.54) is 6.20 Å². The monoisotopic (exact) mass is 300 g/mol. The third-order valence-corrected chi connectivity index (χ3v) is 3.80. The van der Waals surface area contributed by atoms with E-state index in [1.807, 2.05) is 24.3 Å². The van der Waals surface area contributed by atoms with Crippen molar-refractivity contribution >= 4 is 22.6 Å². The van der Waals surface area contributed by atoms with Crippen LogP contribution in [0.1, 0.15) is 16.8 Å². The molecule has 1 aromatic heterocycles. The maximum Gasteiger partial charge on any atom is 0.305 e. The second-order valence-corrected chi connectivity index (χ2v) is 5.23. The number of amides is 1. The highest BCUT2D eigenvalue weighted by atomic mass is 16.5. The lowest BCUT2D eigenvalue weighted by atomic mass is 10.0. The smallest absolute Gasteiger partial charge is 0.305 e. The first kappa shape index (κ1) is 14.5. The van der Waals surface area contributed by atoms with E-state index in [0.29, 0.717) is 18.7 Å². The van der Waals surface area contributed by atoms with E-state index in [4.69, 9.17) is 9.84 Å². The quantitative estimate of drug-likeness (QED) is 0.930. The first-order chi connectivity index (χ1) is 10.7. The number of benzene rings is 1. The van der Waals surface area contributed by atoms with E-state index in [9.17, 15) is 9.59 Å². The molecule has 1 aliphatic heterocycles. The van der Waals surface area contributed by atoms with Gasteiger partial charge in [0.2, 0.25) is 0 Å². The number of fused-ring (bicyclic) bond motifs is 1. The third-order valence-electron chi connectivity index (χ3n) is 3.80. The van der Waals surface area contributed by atoms with Gasteiger partial charge in [0.05, 0.1) is 31.2 Å². The Kier molecular flexibility index (Phi) is 4.02. The summed E-state index contributed by atoms with van der Waals surface area (Å²) in [4.78, 5) is 29.5. The van der Waals surface area contributed by atoms with Crippen LogP contribution in [0.15, 0.2) is 36.7 Å². The average molecular weight is 300 g/mol. The van der Waals surface area contributed by atoms with E-state index >= 15 is 0 Å². The minimum absolute atomic E-state index is 0.121. The molecule has 6 nitrogen and oxygen atoms in total. The van der Waals surface area contributed by atoms with Gasteiger partial charge in [-0.1, -0.05) is 24.3 Å². The van der Waals surface area contributed by atoms with Gasteiger partial charge >= 0.3 is 5.97 Å². The summed E-state index contributed by atoms with van der Waals surface area (Å²) >= 11 is 0. The molecule has 2 heterocycles. The Morgan fingerprint density at radius 2 is 2.14 bits per heavy atom. The second kappa shape index (κ2) is 6.11. The molecule has 3 rings (SSSR count). The fraction of sp³-hybridized carbons (Fsp3) is 0.312. The van der Waals surface area contributed by atoms with E-state index in [1.54, 1.807) is 11.1 Å². The molecule has 0 radical (unpaired) electrons.